The Morgan fingerprint density at radius 1 is 1.12 bits per heavy atom. The third-order valence-corrected chi connectivity index (χ3v) is 4.38. The van der Waals surface area contributed by atoms with Crippen LogP contribution in [0.4, 0.5) is 13.2 Å². The summed E-state index contributed by atoms with van der Waals surface area (Å²) in [7, 11) is 5.21. The lowest BCUT2D eigenvalue weighted by molar-refractivity contribution is -0.137. The number of rotatable bonds is 4. The van der Waals surface area contributed by atoms with E-state index in [0.717, 1.165) is 17.5 Å². The molecule has 26 heavy (non-hydrogen) atoms. The summed E-state index contributed by atoms with van der Waals surface area (Å²) in [4.78, 5) is 18.5. The molecular weight excluding hydrogens is 349 g/mol. The third-order valence-electron chi connectivity index (χ3n) is 4.38. The Balaban J connectivity index is 1.68. The standard InChI is InChI=1S/C17H19F3N4O2/c1-22-10-13-15(24(3)16(25)23(13)2)21-14(22)8-9-26-12-6-4-11(5-7-12)17(18,19)20/h4-7,10,14H,8-9H2,1-3H3. The van der Waals surface area contributed by atoms with Crippen molar-refractivity contribution in [2.75, 3.05) is 13.7 Å². The number of imidazole rings is 1. The lowest BCUT2D eigenvalue weighted by Crippen LogP contribution is -2.44. The summed E-state index contributed by atoms with van der Waals surface area (Å²) in [5, 5.41) is 0.736. The second-order valence-corrected chi connectivity index (χ2v) is 6.17. The average Bonchev–Trinajstić information content (AvgIpc) is 2.79. The van der Waals surface area contributed by atoms with E-state index < -0.39 is 11.7 Å². The van der Waals surface area contributed by atoms with Crippen LogP contribution in [-0.2, 0) is 20.3 Å². The van der Waals surface area contributed by atoms with Gasteiger partial charge in [-0.25, -0.2) is 9.79 Å². The molecule has 0 spiro atoms. The smallest absolute Gasteiger partial charge is 0.416 e. The average molecular weight is 368 g/mol. The van der Waals surface area contributed by atoms with Gasteiger partial charge in [-0.05, 0) is 24.3 Å². The fourth-order valence-corrected chi connectivity index (χ4v) is 2.84. The first-order valence-electron chi connectivity index (χ1n) is 8.02. The van der Waals surface area contributed by atoms with Crippen LogP contribution < -0.4 is 21.3 Å². The molecule has 1 aliphatic rings. The lowest BCUT2D eigenvalue weighted by atomic mass is 10.2. The van der Waals surface area contributed by atoms with Crippen LogP contribution in [0.5, 0.6) is 5.75 Å². The number of ether oxygens (including phenoxy) is 1. The van der Waals surface area contributed by atoms with Gasteiger partial charge in [0, 0.05) is 33.8 Å². The lowest BCUT2D eigenvalue weighted by Gasteiger charge is -2.25. The largest absolute Gasteiger partial charge is 0.493 e. The van der Waals surface area contributed by atoms with E-state index in [2.05, 4.69) is 4.99 Å². The summed E-state index contributed by atoms with van der Waals surface area (Å²) in [6.45, 7) is 0.286. The minimum Gasteiger partial charge on any atom is -0.493 e. The van der Waals surface area contributed by atoms with Crippen LogP contribution in [-0.4, -0.2) is 33.9 Å². The van der Waals surface area contributed by atoms with Crippen LogP contribution in [0.15, 0.2) is 34.1 Å². The maximum atomic E-state index is 12.6. The van der Waals surface area contributed by atoms with Gasteiger partial charge in [0.25, 0.3) is 0 Å². The second kappa shape index (κ2) is 6.54. The molecule has 0 radical (unpaired) electrons. The molecule has 0 aliphatic carbocycles. The highest BCUT2D eigenvalue weighted by atomic mass is 19.4. The molecule has 2 heterocycles. The topological polar surface area (TPSA) is 51.8 Å². The maximum Gasteiger partial charge on any atom is 0.416 e. The van der Waals surface area contributed by atoms with Crippen LogP contribution in [0.25, 0.3) is 6.20 Å². The fourth-order valence-electron chi connectivity index (χ4n) is 2.84. The van der Waals surface area contributed by atoms with Gasteiger partial charge in [-0.15, -0.1) is 0 Å². The van der Waals surface area contributed by atoms with Crippen LogP contribution in [0.2, 0.25) is 0 Å². The molecule has 1 aromatic heterocycles. The summed E-state index contributed by atoms with van der Waals surface area (Å²) in [5.74, 6) is 0.369. The van der Waals surface area contributed by atoms with Crippen molar-refractivity contribution in [3.8, 4) is 5.75 Å². The molecule has 3 rings (SSSR count). The Morgan fingerprint density at radius 2 is 1.77 bits per heavy atom. The number of alkyl halides is 3. The van der Waals surface area contributed by atoms with E-state index in [1.54, 1.807) is 14.1 Å². The van der Waals surface area contributed by atoms with Crippen LogP contribution in [0.1, 0.15) is 12.0 Å². The molecular formula is C17H19F3N4O2. The molecule has 0 saturated heterocycles. The highest BCUT2D eigenvalue weighted by Crippen LogP contribution is 2.30. The molecule has 0 N–H and O–H groups in total. The number of hydrogen-bond donors (Lipinski definition) is 0. The molecule has 0 amide bonds. The van der Waals surface area contributed by atoms with Crippen molar-refractivity contribution in [2.24, 2.45) is 19.1 Å². The molecule has 140 valence electrons. The summed E-state index contributed by atoms with van der Waals surface area (Å²) < 4.78 is 46.2. The number of benzene rings is 1. The second-order valence-electron chi connectivity index (χ2n) is 6.17. The first-order valence-corrected chi connectivity index (χ1v) is 8.02. The van der Waals surface area contributed by atoms with E-state index in [1.807, 2.05) is 18.1 Å². The van der Waals surface area contributed by atoms with Gasteiger partial charge in [0.2, 0.25) is 0 Å². The van der Waals surface area contributed by atoms with E-state index in [1.165, 1.54) is 21.3 Å². The zero-order chi connectivity index (χ0) is 19.1. The summed E-state index contributed by atoms with van der Waals surface area (Å²) in [6, 6.07) is 4.59. The van der Waals surface area contributed by atoms with Crippen molar-refractivity contribution in [1.82, 2.24) is 14.0 Å². The zero-order valence-corrected chi connectivity index (χ0v) is 14.6. The van der Waals surface area contributed by atoms with Crippen molar-refractivity contribution in [2.45, 2.75) is 18.8 Å². The first kappa shape index (κ1) is 18.1. The highest BCUT2D eigenvalue weighted by Gasteiger charge is 2.30. The summed E-state index contributed by atoms with van der Waals surface area (Å²) in [6.07, 6.45) is -2.20. The highest BCUT2D eigenvalue weighted by molar-refractivity contribution is 5.28. The summed E-state index contributed by atoms with van der Waals surface area (Å²) in [5.41, 5.74) is -0.251. The maximum absolute atomic E-state index is 12.6. The minimum atomic E-state index is -4.36. The van der Waals surface area contributed by atoms with Crippen molar-refractivity contribution in [3.05, 3.63) is 51.2 Å². The quantitative estimate of drug-likeness (QED) is 0.804. The van der Waals surface area contributed by atoms with Crippen LogP contribution in [0, 0.1) is 0 Å². The molecule has 9 heteroatoms. The van der Waals surface area contributed by atoms with Crippen LogP contribution in [0.3, 0.4) is 0 Å². The predicted molar refractivity (Wildman–Crippen MR) is 89.0 cm³/mol. The normalized spacial score (nSPS) is 16.7. The van der Waals surface area contributed by atoms with Gasteiger partial charge < -0.3 is 9.64 Å². The Kier molecular flexibility index (Phi) is 4.55. The molecule has 0 saturated carbocycles. The SMILES string of the molecule is CN1C=c2c(n(C)c(=O)n2C)=NC1CCOc1ccc(C(F)(F)F)cc1. The number of nitrogens with zero attached hydrogens (tertiary/aromatic N) is 4. The zero-order valence-electron chi connectivity index (χ0n) is 14.6. The molecule has 0 bridgehead atoms. The number of hydrogen-bond acceptors (Lipinski definition) is 4. The Bertz CT molecular complexity index is 974. The van der Waals surface area contributed by atoms with E-state index in [9.17, 15) is 18.0 Å². The minimum absolute atomic E-state index is 0.148. The number of halogens is 3. The van der Waals surface area contributed by atoms with Crippen molar-refractivity contribution in [3.63, 3.8) is 0 Å². The van der Waals surface area contributed by atoms with Gasteiger partial charge in [-0.2, -0.15) is 13.2 Å². The molecule has 1 aliphatic heterocycles. The number of fused-ring (bicyclic) bond motifs is 1. The van der Waals surface area contributed by atoms with E-state index in [-0.39, 0.29) is 18.5 Å². The molecule has 0 fully saturated rings. The van der Waals surface area contributed by atoms with Gasteiger partial charge in [0.1, 0.15) is 17.3 Å². The van der Waals surface area contributed by atoms with Crippen molar-refractivity contribution < 1.29 is 17.9 Å². The number of aromatic nitrogens is 2. The Hall–Kier alpha value is -2.71. The molecule has 1 aromatic carbocycles. The van der Waals surface area contributed by atoms with E-state index in [4.69, 9.17) is 4.74 Å². The van der Waals surface area contributed by atoms with Gasteiger partial charge >= 0.3 is 11.9 Å². The molecule has 6 nitrogen and oxygen atoms in total. The molecule has 1 atom stereocenters. The Morgan fingerprint density at radius 3 is 2.38 bits per heavy atom. The predicted octanol–water partition coefficient (Wildman–Crippen LogP) is 0.841. The summed E-state index contributed by atoms with van der Waals surface area (Å²) >= 11 is 0. The Labute approximate surface area is 147 Å². The monoisotopic (exact) mass is 368 g/mol. The fraction of sp³-hybridized carbons (Fsp3) is 0.412. The van der Waals surface area contributed by atoms with E-state index in [0.29, 0.717) is 17.7 Å². The van der Waals surface area contributed by atoms with Crippen molar-refractivity contribution in [1.29, 1.82) is 0 Å². The first-order chi connectivity index (χ1) is 12.2. The van der Waals surface area contributed by atoms with Crippen molar-refractivity contribution >= 4 is 6.20 Å². The van der Waals surface area contributed by atoms with Gasteiger partial charge in [0.05, 0.1) is 12.2 Å². The molecule has 2 aromatic rings. The third kappa shape index (κ3) is 3.33. The van der Waals surface area contributed by atoms with Gasteiger partial charge in [0.15, 0.2) is 5.49 Å². The molecule has 1 unspecified atom stereocenters. The van der Waals surface area contributed by atoms with Gasteiger partial charge in [-0.3, -0.25) is 9.13 Å². The van der Waals surface area contributed by atoms with E-state index >= 15 is 0 Å². The van der Waals surface area contributed by atoms with Gasteiger partial charge in [-0.1, -0.05) is 0 Å². The van der Waals surface area contributed by atoms with Crippen LogP contribution >= 0.6 is 0 Å².